The molecule has 32 heavy (non-hydrogen) atoms. The predicted octanol–water partition coefficient (Wildman–Crippen LogP) is 4.48. The van der Waals surface area contributed by atoms with Crippen molar-refractivity contribution in [2.45, 2.75) is 30.9 Å². The normalized spacial score (nSPS) is 16.6. The van der Waals surface area contributed by atoms with Crippen molar-refractivity contribution in [2.24, 2.45) is 0 Å². The Kier molecular flexibility index (Phi) is 6.13. The minimum Gasteiger partial charge on any atom is -0.476 e. The summed E-state index contributed by atoms with van der Waals surface area (Å²) in [6.07, 6.45) is -1.00. The lowest BCUT2D eigenvalue weighted by Crippen LogP contribution is -2.51. The van der Waals surface area contributed by atoms with E-state index in [1.807, 2.05) is 38.1 Å². The van der Waals surface area contributed by atoms with Crippen molar-refractivity contribution in [3.8, 4) is 5.75 Å². The van der Waals surface area contributed by atoms with Gasteiger partial charge in [0.2, 0.25) is 0 Å². The Balaban J connectivity index is 1.61. The number of carbonyl (C=O) groups is 1. The number of halogens is 1. The second-order valence-electron chi connectivity index (χ2n) is 7.71. The molecule has 0 saturated heterocycles. The van der Waals surface area contributed by atoms with Gasteiger partial charge in [-0.05, 0) is 55.8 Å². The number of nitrogens with one attached hydrogen (secondary N) is 1. The van der Waals surface area contributed by atoms with Gasteiger partial charge >= 0.3 is 0 Å². The molecule has 0 spiro atoms. The summed E-state index contributed by atoms with van der Waals surface area (Å²) in [6.45, 7) is 3.73. The average Bonchev–Trinajstić information content (AvgIpc) is 2.79. The molecular weight excluding hydrogens is 448 g/mol. The summed E-state index contributed by atoms with van der Waals surface area (Å²) in [5.41, 5.74) is 2.46. The highest BCUT2D eigenvalue weighted by Gasteiger charge is 2.37. The summed E-state index contributed by atoms with van der Waals surface area (Å²) in [6, 6.07) is 20.3. The Morgan fingerprint density at radius 1 is 1.06 bits per heavy atom. The summed E-state index contributed by atoms with van der Waals surface area (Å²) in [5.74, 6) is -0.0525. The number of amides is 1. The number of sulfonamides is 1. The van der Waals surface area contributed by atoms with E-state index in [1.54, 1.807) is 24.3 Å². The smallest absolute Gasteiger partial charge is 0.264 e. The maximum Gasteiger partial charge on any atom is 0.264 e. The van der Waals surface area contributed by atoms with Gasteiger partial charge in [-0.3, -0.25) is 9.10 Å². The quantitative estimate of drug-likeness (QED) is 0.596. The lowest BCUT2D eigenvalue weighted by molar-refractivity contribution is -0.128. The Morgan fingerprint density at radius 2 is 1.72 bits per heavy atom. The van der Waals surface area contributed by atoms with E-state index >= 15 is 0 Å². The van der Waals surface area contributed by atoms with Crippen molar-refractivity contribution in [3.05, 3.63) is 88.9 Å². The first kappa shape index (κ1) is 22.2. The molecule has 2 atom stereocenters. The number of aryl methyl sites for hydroxylation is 1. The van der Waals surface area contributed by atoms with Crippen LogP contribution in [0.3, 0.4) is 0 Å². The van der Waals surface area contributed by atoms with Crippen molar-refractivity contribution in [3.63, 3.8) is 0 Å². The summed E-state index contributed by atoms with van der Waals surface area (Å²) in [7, 11) is -3.93. The van der Waals surface area contributed by atoms with Gasteiger partial charge in [0, 0.05) is 5.02 Å². The second-order valence-corrected chi connectivity index (χ2v) is 10.0. The molecule has 0 aromatic heterocycles. The van der Waals surface area contributed by atoms with Crippen LogP contribution in [-0.2, 0) is 14.8 Å². The van der Waals surface area contributed by atoms with E-state index in [1.165, 1.54) is 28.6 Å². The molecule has 1 heterocycles. The van der Waals surface area contributed by atoms with Crippen LogP contribution in [0.1, 0.15) is 24.1 Å². The summed E-state index contributed by atoms with van der Waals surface area (Å²) in [4.78, 5) is 13.1. The molecule has 1 aliphatic heterocycles. The monoisotopic (exact) mass is 470 g/mol. The average molecular weight is 471 g/mol. The van der Waals surface area contributed by atoms with Gasteiger partial charge in [-0.25, -0.2) is 8.42 Å². The third kappa shape index (κ3) is 4.45. The van der Waals surface area contributed by atoms with E-state index in [0.29, 0.717) is 16.5 Å². The number of anilines is 1. The van der Waals surface area contributed by atoms with E-state index in [9.17, 15) is 13.2 Å². The second kappa shape index (κ2) is 8.84. The maximum atomic E-state index is 13.4. The number of ether oxygens (including phenoxy) is 1. The Bertz CT molecular complexity index is 1230. The van der Waals surface area contributed by atoms with Crippen LogP contribution < -0.4 is 14.4 Å². The molecule has 3 aromatic carbocycles. The summed E-state index contributed by atoms with van der Waals surface area (Å²) >= 11 is 5.92. The van der Waals surface area contributed by atoms with Gasteiger partial charge < -0.3 is 10.1 Å². The predicted molar refractivity (Wildman–Crippen MR) is 125 cm³/mol. The lowest BCUT2D eigenvalue weighted by atomic mass is 10.1. The van der Waals surface area contributed by atoms with Gasteiger partial charge in [0.05, 0.1) is 23.2 Å². The fourth-order valence-electron chi connectivity index (χ4n) is 3.54. The molecule has 0 fully saturated rings. The number of benzene rings is 3. The molecule has 6 nitrogen and oxygen atoms in total. The van der Waals surface area contributed by atoms with Crippen molar-refractivity contribution in [2.75, 3.05) is 10.8 Å². The third-order valence-electron chi connectivity index (χ3n) is 5.37. The van der Waals surface area contributed by atoms with E-state index in [-0.39, 0.29) is 23.4 Å². The fraction of sp³-hybridized carbons (Fsp3) is 0.208. The van der Waals surface area contributed by atoms with Gasteiger partial charge in [0.25, 0.3) is 15.9 Å². The molecule has 3 aromatic rings. The molecule has 0 aliphatic carbocycles. The molecular formula is C24H23ClN2O4S. The largest absolute Gasteiger partial charge is 0.476 e. The number of para-hydroxylation sites is 2. The minimum absolute atomic E-state index is 0.0887. The molecule has 166 valence electrons. The van der Waals surface area contributed by atoms with Gasteiger partial charge in [0.15, 0.2) is 6.10 Å². The Hall–Kier alpha value is -3.03. The summed E-state index contributed by atoms with van der Waals surface area (Å²) < 4.78 is 33.9. The van der Waals surface area contributed by atoms with E-state index in [4.69, 9.17) is 16.3 Å². The fourth-order valence-corrected chi connectivity index (χ4v) is 5.15. The zero-order chi connectivity index (χ0) is 22.9. The van der Waals surface area contributed by atoms with Crippen LogP contribution in [0.15, 0.2) is 77.7 Å². The number of hydrogen-bond acceptors (Lipinski definition) is 4. The molecule has 0 unspecified atom stereocenters. The minimum atomic E-state index is -3.93. The van der Waals surface area contributed by atoms with Crippen molar-refractivity contribution >= 4 is 33.2 Å². The highest BCUT2D eigenvalue weighted by Crippen LogP contribution is 2.37. The first-order valence-corrected chi connectivity index (χ1v) is 12.0. The van der Waals surface area contributed by atoms with Crippen LogP contribution in [0.2, 0.25) is 5.02 Å². The van der Waals surface area contributed by atoms with Gasteiger partial charge in [-0.1, -0.05) is 53.6 Å². The van der Waals surface area contributed by atoms with E-state index < -0.39 is 16.1 Å². The Labute approximate surface area is 192 Å². The number of fused-ring (bicyclic) bond motifs is 1. The summed E-state index contributed by atoms with van der Waals surface area (Å²) in [5, 5.41) is 3.37. The van der Waals surface area contributed by atoms with Crippen LogP contribution in [0, 0.1) is 6.92 Å². The third-order valence-corrected chi connectivity index (χ3v) is 7.41. The molecule has 4 rings (SSSR count). The lowest BCUT2D eigenvalue weighted by Gasteiger charge is -2.35. The van der Waals surface area contributed by atoms with Crippen LogP contribution in [0.4, 0.5) is 5.69 Å². The SMILES string of the molecule is Cc1ccc([C@H](C)NC(=O)[C@@H]2CN(S(=O)(=O)c3ccc(Cl)cc3)c3ccccc3O2)cc1. The molecule has 0 bridgehead atoms. The first-order chi connectivity index (χ1) is 15.3. The molecule has 1 N–H and O–H groups in total. The highest BCUT2D eigenvalue weighted by atomic mass is 35.5. The topological polar surface area (TPSA) is 75.7 Å². The van der Waals surface area contributed by atoms with E-state index in [0.717, 1.165) is 11.1 Å². The van der Waals surface area contributed by atoms with Crippen LogP contribution in [0.25, 0.3) is 0 Å². The molecule has 1 aliphatic rings. The number of carbonyl (C=O) groups excluding carboxylic acids is 1. The van der Waals surface area contributed by atoms with Crippen LogP contribution >= 0.6 is 11.6 Å². The molecule has 8 heteroatoms. The number of rotatable bonds is 5. The van der Waals surface area contributed by atoms with E-state index in [2.05, 4.69) is 5.32 Å². The van der Waals surface area contributed by atoms with Crippen molar-refractivity contribution in [1.82, 2.24) is 5.32 Å². The van der Waals surface area contributed by atoms with Crippen LogP contribution in [0.5, 0.6) is 5.75 Å². The standard InChI is InChI=1S/C24H23ClN2O4S/c1-16-7-9-18(10-8-16)17(2)26-24(28)23-15-27(21-5-3-4-6-22(21)31-23)32(29,30)20-13-11-19(25)12-14-20/h3-14,17,23H,15H2,1-2H3,(H,26,28)/t17-,23-/m0/s1. The first-order valence-electron chi connectivity index (χ1n) is 10.2. The van der Waals surface area contributed by atoms with Crippen LogP contribution in [-0.4, -0.2) is 27.0 Å². The van der Waals surface area contributed by atoms with Crippen molar-refractivity contribution in [1.29, 1.82) is 0 Å². The highest BCUT2D eigenvalue weighted by molar-refractivity contribution is 7.92. The van der Waals surface area contributed by atoms with Crippen molar-refractivity contribution < 1.29 is 17.9 Å². The zero-order valence-electron chi connectivity index (χ0n) is 17.7. The number of nitrogens with zero attached hydrogens (tertiary/aromatic N) is 1. The molecule has 0 radical (unpaired) electrons. The maximum absolute atomic E-state index is 13.4. The molecule has 0 saturated carbocycles. The zero-order valence-corrected chi connectivity index (χ0v) is 19.2. The molecule has 1 amide bonds. The van der Waals surface area contributed by atoms with Gasteiger partial charge in [-0.2, -0.15) is 0 Å². The van der Waals surface area contributed by atoms with Gasteiger partial charge in [-0.15, -0.1) is 0 Å². The van der Waals surface area contributed by atoms with Gasteiger partial charge in [0.1, 0.15) is 5.75 Å². The Morgan fingerprint density at radius 3 is 2.41 bits per heavy atom. The number of hydrogen-bond donors (Lipinski definition) is 1.